The minimum absolute atomic E-state index is 0.244. The van der Waals surface area contributed by atoms with Crippen molar-refractivity contribution >= 4 is 17.8 Å². The number of isocyanates is 1. The molecule has 1 aromatic carbocycles. The second-order valence-corrected chi connectivity index (χ2v) is 5.15. The molecule has 96 valence electrons. The molecule has 1 unspecified atom stereocenters. The van der Waals surface area contributed by atoms with Crippen LogP contribution in [0.5, 0.6) is 11.5 Å². The number of ether oxygens (including phenoxy) is 2. The van der Waals surface area contributed by atoms with E-state index >= 15 is 0 Å². The molecular weight excluding hydrogens is 250 g/mol. The largest absolute Gasteiger partial charge is 0.493 e. The summed E-state index contributed by atoms with van der Waals surface area (Å²) in [6.45, 7) is 0.323. The molecule has 1 aromatic rings. The third kappa shape index (κ3) is 3.28. The fourth-order valence-electron chi connectivity index (χ4n) is 1.82. The predicted octanol–water partition coefficient (Wildman–Crippen LogP) is 2.42. The van der Waals surface area contributed by atoms with Gasteiger partial charge in [-0.1, -0.05) is 6.07 Å². The zero-order valence-electron chi connectivity index (χ0n) is 10.2. The third-order valence-corrected chi connectivity index (χ3v) is 3.87. The van der Waals surface area contributed by atoms with Crippen molar-refractivity contribution in [2.75, 3.05) is 18.6 Å². The molecule has 4 nitrogen and oxygen atoms in total. The molecule has 0 aromatic heterocycles. The monoisotopic (exact) mass is 265 g/mol. The van der Waals surface area contributed by atoms with Crippen LogP contribution in [-0.2, 0) is 11.3 Å². The molecule has 0 amide bonds. The van der Waals surface area contributed by atoms with Crippen molar-refractivity contribution in [3.05, 3.63) is 23.8 Å². The van der Waals surface area contributed by atoms with Crippen LogP contribution in [-0.4, -0.2) is 30.8 Å². The molecule has 1 aliphatic rings. The van der Waals surface area contributed by atoms with Crippen molar-refractivity contribution < 1.29 is 14.3 Å². The first-order valence-corrected chi connectivity index (χ1v) is 6.94. The Labute approximate surface area is 110 Å². The number of hydrogen-bond donors (Lipinski definition) is 0. The third-order valence-electron chi connectivity index (χ3n) is 2.74. The van der Waals surface area contributed by atoms with Gasteiger partial charge in [0.15, 0.2) is 11.5 Å². The minimum atomic E-state index is 0.244. The Hall–Kier alpha value is -1.45. The second kappa shape index (κ2) is 6.47. The van der Waals surface area contributed by atoms with Gasteiger partial charge in [-0.05, 0) is 29.9 Å². The quantitative estimate of drug-likeness (QED) is 0.606. The fourth-order valence-corrected chi connectivity index (χ4v) is 2.91. The molecule has 0 bridgehead atoms. The Morgan fingerprint density at radius 1 is 1.50 bits per heavy atom. The van der Waals surface area contributed by atoms with Crippen LogP contribution in [0.2, 0.25) is 0 Å². The molecule has 1 saturated heterocycles. The average molecular weight is 265 g/mol. The summed E-state index contributed by atoms with van der Waals surface area (Å²) >= 11 is 1.90. The summed E-state index contributed by atoms with van der Waals surface area (Å²) in [5, 5.41) is 0. The van der Waals surface area contributed by atoms with Gasteiger partial charge < -0.3 is 9.47 Å². The topological polar surface area (TPSA) is 47.9 Å². The number of hydrogen-bond acceptors (Lipinski definition) is 5. The zero-order chi connectivity index (χ0) is 12.8. The number of aliphatic imine (C=N–C) groups is 1. The van der Waals surface area contributed by atoms with Crippen LogP contribution in [0.3, 0.4) is 0 Å². The van der Waals surface area contributed by atoms with Gasteiger partial charge in [0.05, 0.1) is 13.7 Å². The van der Waals surface area contributed by atoms with E-state index in [1.54, 1.807) is 7.11 Å². The Kier molecular flexibility index (Phi) is 4.67. The molecule has 2 rings (SSSR count). The molecular formula is C13H15NO3S. The first kappa shape index (κ1) is 13.0. The molecule has 1 fully saturated rings. The van der Waals surface area contributed by atoms with Crippen LogP contribution < -0.4 is 9.47 Å². The van der Waals surface area contributed by atoms with E-state index in [1.165, 1.54) is 6.08 Å². The van der Waals surface area contributed by atoms with Gasteiger partial charge in [-0.15, -0.1) is 0 Å². The molecule has 5 heteroatoms. The Morgan fingerprint density at radius 2 is 2.39 bits per heavy atom. The summed E-state index contributed by atoms with van der Waals surface area (Å²) in [6, 6.07) is 5.59. The van der Waals surface area contributed by atoms with E-state index in [4.69, 9.17) is 9.47 Å². The highest BCUT2D eigenvalue weighted by Gasteiger charge is 2.19. The second-order valence-electron chi connectivity index (χ2n) is 4.00. The van der Waals surface area contributed by atoms with Crippen molar-refractivity contribution in [3.8, 4) is 11.5 Å². The lowest BCUT2D eigenvalue weighted by molar-refractivity contribution is 0.218. The fraction of sp³-hybridized carbons (Fsp3) is 0.462. The number of rotatable bonds is 5. The van der Waals surface area contributed by atoms with Gasteiger partial charge in [0.1, 0.15) is 6.10 Å². The standard InChI is InChI=1S/C13H15NO3S/c1-16-12-3-2-10(7-14-9-15)6-13(12)17-11-4-5-18-8-11/h2-3,6,11H,4-5,7-8H2,1H3. The molecule has 0 saturated carbocycles. The maximum atomic E-state index is 10.1. The summed E-state index contributed by atoms with van der Waals surface area (Å²) in [5.41, 5.74) is 0.916. The van der Waals surface area contributed by atoms with Crippen LogP contribution in [0.1, 0.15) is 12.0 Å². The summed E-state index contributed by atoms with van der Waals surface area (Å²) in [7, 11) is 1.62. The highest BCUT2D eigenvalue weighted by molar-refractivity contribution is 7.99. The molecule has 1 atom stereocenters. The van der Waals surface area contributed by atoms with Crippen molar-refractivity contribution in [2.24, 2.45) is 4.99 Å². The molecule has 0 spiro atoms. The number of methoxy groups -OCH3 is 1. The van der Waals surface area contributed by atoms with E-state index in [2.05, 4.69) is 4.99 Å². The summed E-state index contributed by atoms with van der Waals surface area (Å²) in [6.07, 6.45) is 2.84. The Morgan fingerprint density at radius 3 is 3.06 bits per heavy atom. The summed E-state index contributed by atoms with van der Waals surface area (Å²) < 4.78 is 11.2. The van der Waals surface area contributed by atoms with Crippen molar-refractivity contribution in [1.29, 1.82) is 0 Å². The van der Waals surface area contributed by atoms with E-state index in [-0.39, 0.29) is 6.10 Å². The lowest BCUT2D eigenvalue weighted by Gasteiger charge is -2.16. The van der Waals surface area contributed by atoms with E-state index in [1.807, 2.05) is 30.0 Å². The van der Waals surface area contributed by atoms with Crippen LogP contribution in [0.4, 0.5) is 0 Å². The van der Waals surface area contributed by atoms with Gasteiger partial charge in [0.2, 0.25) is 6.08 Å². The van der Waals surface area contributed by atoms with Crippen LogP contribution in [0.25, 0.3) is 0 Å². The lowest BCUT2D eigenvalue weighted by atomic mass is 10.2. The lowest BCUT2D eigenvalue weighted by Crippen LogP contribution is -2.15. The van der Waals surface area contributed by atoms with E-state index < -0.39 is 0 Å². The Balaban J connectivity index is 2.15. The molecule has 0 radical (unpaired) electrons. The van der Waals surface area contributed by atoms with Crippen molar-refractivity contribution in [1.82, 2.24) is 0 Å². The molecule has 1 aliphatic heterocycles. The van der Waals surface area contributed by atoms with Crippen LogP contribution >= 0.6 is 11.8 Å². The van der Waals surface area contributed by atoms with Crippen LogP contribution in [0, 0.1) is 0 Å². The number of thioether (sulfide) groups is 1. The summed E-state index contributed by atoms with van der Waals surface area (Å²) in [5.74, 6) is 3.59. The van der Waals surface area contributed by atoms with Gasteiger partial charge in [0, 0.05) is 5.75 Å². The van der Waals surface area contributed by atoms with Gasteiger partial charge in [-0.2, -0.15) is 11.8 Å². The first-order valence-electron chi connectivity index (χ1n) is 5.78. The van der Waals surface area contributed by atoms with Gasteiger partial charge in [-0.3, -0.25) is 0 Å². The smallest absolute Gasteiger partial charge is 0.235 e. The maximum Gasteiger partial charge on any atom is 0.235 e. The number of nitrogens with zero attached hydrogens (tertiary/aromatic N) is 1. The molecule has 1 heterocycles. The van der Waals surface area contributed by atoms with E-state index in [0.29, 0.717) is 12.3 Å². The predicted molar refractivity (Wildman–Crippen MR) is 71.2 cm³/mol. The average Bonchev–Trinajstić information content (AvgIpc) is 2.89. The van der Waals surface area contributed by atoms with Gasteiger partial charge >= 0.3 is 0 Å². The maximum absolute atomic E-state index is 10.1. The highest BCUT2D eigenvalue weighted by atomic mass is 32.2. The van der Waals surface area contributed by atoms with E-state index in [9.17, 15) is 4.79 Å². The van der Waals surface area contributed by atoms with Gasteiger partial charge in [0.25, 0.3) is 0 Å². The minimum Gasteiger partial charge on any atom is -0.493 e. The Bertz CT molecular complexity index is 452. The van der Waals surface area contributed by atoms with E-state index in [0.717, 1.165) is 29.2 Å². The van der Waals surface area contributed by atoms with Crippen molar-refractivity contribution in [3.63, 3.8) is 0 Å². The zero-order valence-corrected chi connectivity index (χ0v) is 11.0. The molecule has 0 N–H and O–H groups in total. The highest BCUT2D eigenvalue weighted by Crippen LogP contribution is 2.32. The normalized spacial score (nSPS) is 18.2. The molecule has 18 heavy (non-hydrogen) atoms. The molecule has 0 aliphatic carbocycles. The van der Waals surface area contributed by atoms with Gasteiger partial charge in [-0.25, -0.2) is 9.79 Å². The first-order chi connectivity index (χ1) is 8.83. The SMILES string of the molecule is COc1ccc(CN=C=O)cc1OC1CCSC1. The van der Waals surface area contributed by atoms with Crippen molar-refractivity contribution in [2.45, 2.75) is 19.1 Å². The number of benzene rings is 1. The number of carbonyl (C=O) groups excluding carboxylic acids is 1. The summed E-state index contributed by atoms with van der Waals surface area (Å²) in [4.78, 5) is 13.7. The van der Waals surface area contributed by atoms with Crippen LogP contribution in [0.15, 0.2) is 23.2 Å².